The van der Waals surface area contributed by atoms with Gasteiger partial charge in [0.1, 0.15) is 0 Å². The van der Waals surface area contributed by atoms with E-state index in [2.05, 4.69) is 13.8 Å². The van der Waals surface area contributed by atoms with Crippen molar-refractivity contribution >= 4 is 6.16 Å². The summed E-state index contributed by atoms with van der Waals surface area (Å²) in [6, 6.07) is 0. The maximum Gasteiger partial charge on any atom is 0.511 e. The molecule has 0 aliphatic rings. The summed E-state index contributed by atoms with van der Waals surface area (Å²) < 4.78 is 10.4. The van der Waals surface area contributed by atoms with E-state index in [1.54, 1.807) is 0 Å². The summed E-state index contributed by atoms with van der Waals surface area (Å²) in [6.45, 7) is 4.56. The van der Waals surface area contributed by atoms with Gasteiger partial charge in [-0.3, -0.25) is 11.5 Å². The Morgan fingerprint density at radius 2 is 0.571 bits per heavy atom. The zero-order valence-corrected chi connectivity index (χ0v) is 28.7. The van der Waals surface area contributed by atoms with Crippen LogP contribution in [0.4, 0.5) is 4.79 Å². The molecule has 0 bridgehead atoms. The molecule has 0 aliphatic carbocycles. The standard InChI is InChI=1S/C37H76N2O3/c1-3-5-7-9-11-13-15-17-19-21-23-25-27-29-31-33-35(38)41-37(40)42-36(39)34-32-30-28-26-24-22-20-18-16-14-12-10-8-6-4-2/h35-36H,3-34,38-39H2,1-2H3. The molecule has 0 aromatic carbocycles. The molecule has 4 N–H and O–H groups in total. The van der Waals surface area contributed by atoms with Gasteiger partial charge in [-0.2, -0.15) is 0 Å². The van der Waals surface area contributed by atoms with E-state index in [9.17, 15) is 4.79 Å². The minimum atomic E-state index is -0.725. The second kappa shape index (κ2) is 34.7. The minimum Gasteiger partial charge on any atom is -0.415 e. The first kappa shape index (κ1) is 41.2. The van der Waals surface area contributed by atoms with Gasteiger partial charge in [0, 0.05) is 0 Å². The Morgan fingerprint density at radius 1 is 0.381 bits per heavy atom. The van der Waals surface area contributed by atoms with Crippen LogP contribution in [0.1, 0.15) is 219 Å². The Balaban J connectivity index is 3.38. The SMILES string of the molecule is CCCCCCCCCCCCCCCCCC(N)OC(=O)OC(N)CCCCCCCCCCCCCCCCC. The van der Waals surface area contributed by atoms with Gasteiger partial charge in [0.2, 0.25) is 0 Å². The molecule has 0 amide bonds. The predicted molar refractivity (Wildman–Crippen MR) is 183 cm³/mol. The summed E-state index contributed by atoms with van der Waals surface area (Å²) in [5.74, 6) is 0. The molecule has 0 heterocycles. The average molecular weight is 597 g/mol. The van der Waals surface area contributed by atoms with E-state index in [4.69, 9.17) is 20.9 Å². The zero-order chi connectivity index (χ0) is 30.8. The van der Waals surface area contributed by atoms with Crippen molar-refractivity contribution in [2.24, 2.45) is 11.5 Å². The highest BCUT2D eigenvalue weighted by atomic mass is 16.7. The van der Waals surface area contributed by atoms with E-state index in [0.29, 0.717) is 12.8 Å². The van der Waals surface area contributed by atoms with Crippen LogP contribution < -0.4 is 11.5 Å². The summed E-state index contributed by atoms with van der Waals surface area (Å²) in [4.78, 5) is 12.0. The summed E-state index contributed by atoms with van der Waals surface area (Å²) in [7, 11) is 0. The second-order valence-corrected chi connectivity index (χ2v) is 13.0. The highest BCUT2D eigenvalue weighted by Crippen LogP contribution is 2.16. The van der Waals surface area contributed by atoms with E-state index in [1.165, 1.54) is 167 Å². The minimum absolute atomic E-state index is 0.600. The van der Waals surface area contributed by atoms with Crippen LogP contribution in [0, 0.1) is 0 Å². The fourth-order valence-electron chi connectivity index (χ4n) is 5.83. The van der Waals surface area contributed by atoms with Gasteiger partial charge < -0.3 is 9.47 Å². The fourth-order valence-corrected chi connectivity index (χ4v) is 5.83. The molecule has 0 rings (SSSR count). The molecular formula is C37H76N2O3. The van der Waals surface area contributed by atoms with E-state index < -0.39 is 18.6 Å². The topological polar surface area (TPSA) is 87.6 Å². The third kappa shape index (κ3) is 33.7. The Kier molecular flexibility index (Phi) is 34.0. The molecule has 0 fully saturated rings. The smallest absolute Gasteiger partial charge is 0.415 e. The van der Waals surface area contributed by atoms with Gasteiger partial charge in [-0.15, -0.1) is 0 Å². The van der Waals surface area contributed by atoms with Crippen LogP contribution in [0.15, 0.2) is 0 Å². The van der Waals surface area contributed by atoms with Crippen molar-refractivity contribution in [2.45, 2.75) is 232 Å². The van der Waals surface area contributed by atoms with Crippen LogP contribution in [0.5, 0.6) is 0 Å². The number of unbranched alkanes of at least 4 members (excludes halogenated alkanes) is 28. The van der Waals surface area contributed by atoms with Gasteiger partial charge in [0.15, 0.2) is 12.5 Å². The first-order valence-electron chi connectivity index (χ1n) is 19.0. The van der Waals surface area contributed by atoms with Gasteiger partial charge >= 0.3 is 6.16 Å². The summed E-state index contributed by atoms with van der Waals surface area (Å²) in [5, 5.41) is 0. The number of nitrogens with two attached hydrogens (primary N) is 2. The normalized spacial score (nSPS) is 12.9. The van der Waals surface area contributed by atoms with Crippen LogP contribution in [0.3, 0.4) is 0 Å². The zero-order valence-electron chi connectivity index (χ0n) is 28.7. The summed E-state index contributed by atoms with van der Waals surface area (Å²) >= 11 is 0. The van der Waals surface area contributed by atoms with Gasteiger partial charge in [-0.05, 0) is 25.7 Å². The number of ether oxygens (including phenoxy) is 2. The number of hydrogen-bond acceptors (Lipinski definition) is 5. The van der Waals surface area contributed by atoms with Crippen LogP contribution in [0.2, 0.25) is 0 Å². The lowest BCUT2D eigenvalue weighted by molar-refractivity contribution is -0.00356. The van der Waals surface area contributed by atoms with Crippen LogP contribution in [-0.2, 0) is 9.47 Å². The van der Waals surface area contributed by atoms with Crippen LogP contribution >= 0.6 is 0 Å². The molecule has 0 saturated carbocycles. The average Bonchev–Trinajstić information content (AvgIpc) is 2.97. The van der Waals surface area contributed by atoms with Crippen molar-refractivity contribution in [3.05, 3.63) is 0 Å². The molecule has 0 aromatic rings. The number of rotatable bonds is 34. The van der Waals surface area contributed by atoms with Crippen molar-refractivity contribution in [1.29, 1.82) is 0 Å². The van der Waals surface area contributed by atoms with Crippen molar-refractivity contribution in [2.75, 3.05) is 0 Å². The van der Waals surface area contributed by atoms with E-state index in [1.807, 2.05) is 0 Å². The van der Waals surface area contributed by atoms with Crippen LogP contribution in [0.25, 0.3) is 0 Å². The highest BCUT2D eigenvalue weighted by Gasteiger charge is 2.14. The Morgan fingerprint density at radius 3 is 0.786 bits per heavy atom. The molecule has 252 valence electrons. The molecule has 2 atom stereocenters. The maximum absolute atomic E-state index is 12.0. The third-order valence-electron chi connectivity index (χ3n) is 8.68. The Bertz CT molecular complexity index is 487. The predicted octanol–water partition coefficient (Wildman–Crippen LogP) is 12.2. The second-order valence-electron chi connectivity index (χ2n) is 13.0. The summed E-state index contributed by atoms with van der Waals surface area (Å²) in [5.41, 5.74) is 12.0. The molecule has 0 saturated heterocycles. The largest absolute Gasteiger partial charge is 0.511 e. The summed E-state index contributed by atoms with van der Waals surface area (Å²) in [6.07, 6.45) is 39.4. The van der Waals surface area contributed by atoms with E-state index in [-0.39, 0.29) is 0 Å². The molecule has 0 aromatic heterocycles. The molecule has 42 heavy (non-hydrogen) atoms. The maximum atomic E-state index is 12.0. The molecule has 2 unspecified atom stereocenters. The molecule has 5 heteroatoms. The van der Waals surface area contributed by atoms with Gasteiger partial charge in [0.25, 0.3) is 0 Å². The van der Waals surface area contributed by atoms with Gasteiger partial charge in [-0.1, -0.05) is 194 Å². The third-order valence-corrected chi connectivity index (χ3v) is 8.68. The van der Waals surface area contributed by atoms with Gasteiger partial charge in [0.05, 0.1) is 0 Å². The quantitative estimate of drug-likeness (QED) is 0.0438. The monoisotopic (exact) mass is 597 g/mol. The molecule has 0 aliphatic heterocycles. The Labute approximate surface area is 263 Å². The number of carbonyl (C=O) groups excluding carboxylic acids is 1. The molecule has 5 nitrogen and oxygen atoms in total. The van der Waals surface area contributed by atoms with Crippen molar-refractivity contribution in [3.8, 4) is 0 Å². The first-order valence-corrected chi connectivity index (χ1v) is 19.0. The number of hydrogen-bond donors (Lipinski definition) is 2. The van der Waals surface area contributed by atoms with Gasteiger partial charge in [-0.25, -0.2) is 4.79 Å². The highest BCUT2D eigenvalue weighted by molar-refractivity contribution is 5.60. The molecule has 0 radical (unpaired) electrons. The molecule has 0 spiro atoms. The lowest BCUT2D eigenvalue weighted by Crippen LogP contribution is -2.32. The van der Waals surface area contributed by atoms with E-state index >= 15 is 0 Å². The number of carbonyl (C=O) groups is 1. The fraction of sp³-hybridized carbons (Fsp3) is 0.973. The first-order chi connectivity index (χ1) is 20.6. The van der Waals surface area contributed by atoms with Crippen molar-refractivity contribution in [3.63, 3.8) is 0 Å². The van der Waals surface area contributed by atoms with Crippen molar-refractivity contribution < 1.29 is 14.3 Å². The molecular weight excluding hydrogens is 520 g/mol. The van der Waals surface area contributed by atoms with Crippen LogP contribution in [-0.4, -0.2) is 18.6 Å². The van der Waals surface area contributed by atoms with Crippen molar-refractivity contribution in [1.82, 2.24) is 0 Å². The Hall–Kier alpha value is -0.810. The lowest BCUT2D eigenvalue weighted by Gasteiger charge is -2.16. The lowest BCUT2D eigenvalue weighted by atomic mass is 10.0. The van der Waals surface area contributed by atoms with E-state index in [0.717, 1.165) is 25.7 Å².